The maximum Gasteiger partial charge on any atom is 0.0589 e. The molecule has 0 aliphatic carbocycles. The second kappa shape index (κ2) is 8.25. The number of hydrogen-bond donors (Lipinski definition) is 1. The van der Waals surface area contributed by atoms with Crippen molar-refractivity contribution in [2.24, 2.45) is 0 Å². The summed E-state index contributed by atoms with van der Waals surface area (Å²) in [6.45, 7) is 5.63. The zero-order chi connectivity index (χ0) is 14.2. The molecule has 1 aromatic rings. The van der Waals surface area contributed by atoms with E-state index in [-0.39, 0.29) is 0 Å². The van der Waals surface area contributed by atoms with Gasteiger partial charge in [-0.3, -0.25) is 4.90 Å². The van der Waals surface area contributed by atoms with E-state index < -0.39 is 0 Å². The molecule has 1 aromatic carbocycles. The summed E-state index contributed by atoms with van der Waals surface area (Å²) in [6.07, 6.45) is 2.20. The predicted molar refractivity (Wildman–Crippen MR) is 82.3 cm³/mol. The van der Waals surface area contributed by atoms with Crippen LogP contribution in [0.5, 0.6) is 0 Å². The molecule has 20 heavy (non-hydrogen) atoms. The number of para-hydroxylation sites is 1. The molecule has 2 rings (SSSR count). The molecule has 0 saturated carbocycles. The number of hydrogen-bond acceptors (Lipinski definition) is 4. The number of ether oxygens (including phenoxy) is 2. The van der Waals surface area contributed by atoms with Gasteiger partial charge in [-0.25, -0.2) is 0 Å². The number of fused-ring (bicyclic) bond motifs is 1. The Morgan fingerprint density at radius 3 is 2.80 bits per heavy atom. The van der Waals surface area contributed by atoms with Gasteiger partial charge in [-0.05, 0) is 24.0 Å². The highest BCUT2D eigenvalue weighted by Crippen LogP contribution is 2.27. The molecule has 112 valence electrons. The van der Waals surface area contributed by atoms with Crippen LogP contribution in [0, 0.1) is 0 Å². The normalized spacial score (nSPS) is 13.6. The van der Waals surface area contributed by atoms with Crippen molar-refractivity contribution in [2.75, 3.05) is 52.4 Å². The van der Waals surface area contributed by atoms with Crippen molar-refractivity contribution in [3.8, 4) is 0 Å². The van der Waals surface area contributed by atoms with Crippen LogP contribution in [0.4, 0.5) is 5.69 Å². The van der Waals surface area contributed by atoms with Crippen LogP contribution in [-0.2, 0) is 22.4 Å². The van der Waals surface area contributed by atoms with Crippen LogP contribution in [0.3, 0.4) is 0 Å². The van der Waals surface area contributed by atoms with Crippen LogP contribution in [-0.4, -0.2) is 52.0 Å². The van der Waals surface area contributed by atoms with Crippen LogP contribution < -0.4 is 5.32 Å². The fourth-order valence-corrected chi connectivity index (χ4v) is 2.71. The van der Waals surface area contributed by atoms with Gasteiger partial charge < -0.3 is 14.8 Å². The van der Waals surface area contributed by atoms with Crippen LogP contribution in [0.2, 0.25) is 0 Å². The molecule has 1 heterocycles. The maximum atomic E-state index is 5.22. The average molecular weight is 278 g/mol. The van der Waals surface area contributed by atoms with Gasteiger partial charge in [0.05, 0.1) is 6.61 Å². The van der Waals surface area contributed by atoms with Gasteiger partial charge in [0.25, 0.3) is 0 Å². The van der Waals surface area contributed by atoms with E-state index in [4.69, 9.17) is 9.47 Å². The zero-order valence-corrected chi connectivity index (χ0v) is 12.7. The SMILES string of the molecule is COCCCN(CCOC)Cc1cccc2c1NCC2. The molecule has 1 N–H and O–H groups in total. The Labute approximate surface area is 122 Å². The van der Waals surface area contributed by atoms with E-state index in [1.807, 2.05) is 0 Å². The van der Waals surface area contributed by atoms with Crippen molar-refractivity contribution >= 4 is 5.69 Å². The third-order valence-corrected chi connectivity index (χ3v) is 3.76. The Hall–Kier alpha value is -1.10. The summed E-state index contributed by atoms with van der Waals surface area (Å²) >= 11 is 0. The molecule has 0 spiro atoms. The topological polar surface area (TPSA) is 33.7 Å². The molecule has 0 amide bonds. The number of rotatable bonds is 9. The Balaban J connectivity index is 1.97. The Morgan fingerprint density at radius 2 is 2.00 bits per heavy atom. The van der Waals surface area contributed by atoms with Crippen molar-refractivity contribution in [2.45, 2.75) is 19.4 Å². The Morgan fingerprint density at radius 1 is 1.15 bits per heavy atom. The molecule has 0 aromatic heterocycles. The lowest BCUT2D eigenvalue weighted by molar-refractivity contribution is 0.129. The quantitative estimate of drug-likeness (QED) is 0.702. The Bertz CT molecular complexity index is 409. The lowest BCUT2D eigenvalue weighted by Crippen LogP contribution is -2.29. The highest BCUT2D eigenvalue weighted by molar-refractivity contribution is 5.61. The number of benzene rings is 1. The van der Waals surface area contributed by atoms with Crippen molar-refractivity contribution < 1.29 is 9.47 Å². The minimum atomic E-state index is 0.773. The third kappa shape index (κ3) is 4.20. The van der Waals surface area contributed by atoms with E-state index in [0.29, 0.717) is 0 Å². The summed E-state index contributed by atoms with van der Waals surface area (Å²) in [4.78, 5) is 2.44. The second-order valence-corrected chi connectivity index (χ2v) is 5.24. The first-order valence-corrected chi connectivity index (χ1v) is 7.40. The lowest BCUT2D eigenvalue weighted by Gasteiger charge is -2.23. The van der Waals surface area contributed by atoms with Crippen LogP contribution in [0.1, 0.15) is 17.5 Å². The summed E-state index contributed by atoms with van der Waals surface area (Å²) in [7, 11) is 3.52. The van der Waals surface area contributed by atoms with Crippen molar-refractivity contribution in [1.29, 1.82) is 0 Å². The number of nitrogens with one attached hydrogen (secondary N) is 1. The first-order chi connectivity index (χ1) is 9.85. The van der Waals surface area contributed by atoms with E-state index in [1.165, 1.54) is 16.8 Å². The van der Waals surface area contributed by atoms with Crippen molar-refractivity contribution in [1.82, 2.24) is 4.90 Å². The molecule has 0 fully saturated rings. The summed E-state index contributed by atoms with van der Waals surface area (Å²) in [5.41, 5.74) is 4.20. The molecule has 0 atom stereocenters. The highest BCUT2D eigenvalue weighted by Gasteiger charge is 2.15. The third-order valence-electron chi connectivity index (χ3n) is 3.76. The molecule has 1 aliphatic heterocycles. The molecular weight excluding hydrogens is 252 g/mol. The molecule has 4 nitrogen and oxygen atoms in total. The van der Waals surface area contributed by atoms with Gasteiger partial charge in [-0.15, -0.1) is 0 Å². The molecule has 1 aliphatic rings. The summed E-state index contributed by atoms with van der Waals surface area (Å²) in [6, 6.07) is 6.63. The average Bonchev–Trinajstić information content (AvgIpc) is 2.94. The molecule has 4 heteroatoms. The summed E-state index contributed by atoms with van der Waals surface area (Å²) in [5.74, 6) is 0. The minimum Gasteiger partial charge on any atom is -0.385 e. The fraction of sp³-hybridized carbons (Fsp3) is 0.625. The van der Waals surface area contributed by atoms with Gasteiger partial charge in [0, 0.05) is 52.7 Å². The molecule has 0 unspecified atom stereocenters. The first kappa shape index (κ1) is 15.3. The molecule has 0 radical (unpaired) electrons. The molecule has 0 bridgehead atoms. The molecular formula is C16H26N2O2. The van der Waals surface area contributed by atoms with E-state index in [9.17, 15) is 0 Å². The number of nitrogens with zero attached hydrogens (tertiary/aromatic N) is 1. The zero-order valence-electron chi connectivity index (χ0n) is 12.7. The van der Waals surface area contributed by atoms with E-state index in [0.717, 1.165) is 52.2 Å². The van der Waals surface area contributed by atoms with E-state index in [1.54, 1.807) is 14.2 Å². The summed E-state index contributed by atoms with van der Waals surface area (Å²) < 4.78 is 10.4. The van der Waals surface area contributed by atoms with E-state index >= 15 is 0 Å². The van der Waals surface area contributed by atoms with Crippen LogP contribution in [0.25, 0.3) is 0 Å². The monoisotopic (exact) mass is 278 g/mol. The predicted octanol–water partition coefficient (Wildman–Crippen LogP) is 2.14. The van der Waals surface area contributed by atoms with Crippen LogP contribution >= 0.6 is 0 Å². The minimum absolute atomic E-state index is 0.773. The fourth-order valence-electron chi connectivity index (χ4n) is 2.71. The largest absolute Gasteiger partial charge is 0.385 e. The standard InChI is InChI=1S/C16H26N2O2/c1-19-11-4-9-18(10-12-20-2)13-15-6-3-5-14-7-8-17-16(14)15/h3,5-6,17H,4,7-13H2,1-2H3. The Kier molecular flexibility index (Phi) is 6.30. The van der Waals surface area contributed by atoms with Gasteiger partial charge >= 0.3 is 0 Å². The van der Waals surface area contributed by atoms with Crippen molar-refractivity contribution in [3.05, 3.63) is 29.3 Å². The smallest absolute Gasteiger partial charge is 0.0589 e. The van der Waals surface area contributed by atoms with E-state index in [2.05, 4.69) is 28.4 Å². The number of methoxy groups -OCH3 is 2. The second-order valence-electron chi connectivity index (χ2n) is 5.24. The van der Waals surface area contributed by atoms with Gasteiger partial charge in [-0.1, -0.05) is 18.2 Å². The highest BCUT2D eigenvalue weighted by atomic mass is 16.5. The van der Waals surface area contributed by atoms with Gasteiger partial charge in [0.15, 0.2) is 0 Å². The van der Waals surface area contributed by atoms with Crippen molar-refractivity contribution in [3.63, 3.8) is 0 Å². The van der Waals surface area contributed by atoms with Crippen LogP contribution in [0.15, 0.2) is 18.2 Å². The van der Waals surface area contributed by atoms with Gasteiger partial charge in [0.1, 0.15) is 0 Å². The first-order valence-electron chi connectivity index (χ1n) is 7.40. The maximum absolute atomic E-state index is 5.22. The number of anilines is 1. The molecule has 0 saturated heterocycles. The van der Waals surface area contributed by atoms with Gasteiger partial charge in [0.2, 0.25) is 0 Å². The lowest BCUT2D eigenvalue weighted by atomic mass is 10.1. The van der Waals surface area contributed by atoms with Gasteiger partial charge in [-0.2, -0.15) is 0 Å². The summed E-state index contributed by atoms with van der Waals surface area (Å²) in [5, 5.41) is 3.51.